The highest BCUT2D eigenvalue weighted by Crippen LogP contribution is 2.31. The van der Waals surface area contributed by atoms with Crippen molar-refractivity contribution in [3.8, 4) is 0 Å². The molecule has 0 radical (unpaired) electrons. The molecule has 86 valence electrons. The van der Waals surface area contributed by atoms with Gasteiger partial charge in [0, 0.05) is 11.3 Å². The maximum absolute atomic E-state index is 12.3. The third-order valence-corrected chi connectivity index (χ3v) is 1.87. The summed E-state index contributed by atoms with van der Waals surface area (Å²) in [6, 6.07) is 2.69. The van der Waals surface area contributed by atoms with Crippen LogP contribution in [0.1, 0.15) is 15.9 Å². The molecule has 0 spiro atoms. The van der Waals surface area contributed by atoms with Crippen LogP contribution < -0.4 is 5.23 Å². The lowest BCUT2D eigenvalue weighted by atomic mass is 9.87. The molecule has 1 aromatic rings. The van der Waals surface area contributed by atoms with Gasteiger partial charge in [-0.05, 0) is 25.0 Å². The monoisotopic (exact) mass is 231 g/mol. The SMILES string of the molecule is CB(O)Nc1ccc(C(F)(F)F)cc1C=O. The topological polar surface area (TPSA) is 49.3 Å². The van der Waals surface area contributed by atoms with Gasteiger partial charge in [0.05, 0.1) is 5.56 Å². The number of halogens is 3. The molecule has 0 aliphatic carbocycles. The molecule has 0 bridgehead atoms. The minimum absolute atomic E-state index is 0.143. The van der Waals surface area contributed by atoms with Crippen molar-refractivity contribution in [3.05, 3.63) is 29.3 Å². The second-order valence-electron chi connectivity index (χ2n) is 3.24. The first-order valence-corrected chi connectivity index (χ1v) is 4.45. The van der Waals surface area contributed by atoms with Crippen LogP contribution in [0, 0.1) is 0 Å². The molecule has 0 aliphatic rings. The van der Waals surface area contributed by atoms with Gasteiger partial charge in [0.2, 0.25) is 0 Å². The number of anilines is 1. The highest BCUT2D eigenvalue weighted by atomic mass is 19.4. The summed E-state index contributed by atoms with van der Waals surface area (Å²) in [5.41, 5.74) is -0.875. The molecular formula is C9H9BF3NO2. The maximum atomic E-state index is 12.3. The zero-order chi connectivity index (χ0) is 12.3. The van der Waals surface area contributed by atoms with Gasteiger partial charge in [-0.25, -0.2) is 0 Å². The van der Waals surface area contributed by atoms with Gasteiger partial charge in [-0.3, -0.25) is 4.79 Å². The Kier molecular flexibility index (Phi) is 3.59. The average molecular weight is 231 g/mol. The first-order valence-electron chi connectivity index (χ1n) is 4.45. The Morgan fingerprint density at radius 1 is 1.44 bits per heavy atom. The smallest absolute Gasteiger partial charge is 0.416 e. The molecule has 0 aromatic heterocycles. The van der Waals surface area contributed by atoms with E-state index in [-0.39, 0.29) is 11.3 Å². The van der Waals surface area contributed by atoms with Crippen LogP contribution in [0.4, 0.5) is 18.9 Å². The molecule has 7 heteroatoms. The summed E-state index contributed by atoms with van der Waals surface area (Å²) >= 11 is 0. The molecular weight excluding hydrogens is 222 g/mol. The molecule has 16 heavy (non-hydrogen) atoms. The largest absolute Gasteiger partial charge is 0.433 e. The van der Waals surface area contributed by atoms with Crippen LogP contribution in [-0.2, 0) is 6.18 Å². The summed E-state index contributed by atoms with van der Waals surface area (Å²) in [6.07, 6.45) is -4.18. The fourth-order valence-corrected chi connectivity index (χ4v) is 1.19. The van der Waals surface area contributed by atoms with Gasteiger partial charge in [-0.1, -0.05) is 0 Å². The third-order valence-electron chi connectivity index (χ3n) is 1.87. The molecule has 0 amide bonds. The molecule has 0 unspecified atom stereocenters. The summed E-state index contributed by atoms with van der Waals surface area (Å²) in [5.74, 6) is 0. The summed E-state index contributed by atoms with van der Waals surface area (Å²) in [6.45, 7) is 1.40. The van der Waals surface area contributed by atoms with E-state index in [0.717, 1.165) is 18.2 Å². The number of benzene rings is 1. The van der Waals surface area contributed by atoms with Crippen LogP contribution in [0.5, 0.6) is 0 Å². The van der Waals surface area contributed by atoms with E-state index in [2.05, 4.69) is 5.23 Å². The van der Waals surface area contributed by atoms with Crippen LogP contribution in [0.2, 0.25) is 6.82 Å². The van der Waals surface area contributed by atoms with Crippen molar-refractivity contribution in [2.45, 2.75) is 13.0 Å². The Labute approximate surface area is 90.4 Å². The fraction of sp³-hybridized carbons (Fsp3) is 0.222. The van der Waals surface area contributed by atoms with Crippen LogP contribution in [0.3, 0.4) is 0 Å². The van der Waals surface area contributed by atoms with Crippen molar-refractivity contribution in [1.29, 1.82) is 0 Å². The van der Waals surface area contributed by atoms with Gasteiger partial charge < -0.3 is 10.3 Å². The van der Waals surface area contributed by atoms with E-state index in [4.69, 9.17) is 5.02 Å². The Bertz CT molecular complexity index is 393. The Morgan fingerprint density at radius 3 is 2.50 bits per heavy atom. The number of alkyl halides is 3. The van der Waals surface area contributed by atoms with Gasteiger partial charge in [0.25, 0.3) is 0 Å². The van der Waals surface area contributed by atoms with E-state index < -0.39 is 18.8 Å². The van der Waals surface area contributed by atoms with Gasteiger partial charge >= 0.3 is 13.2 Å². The molecule has 1 aromatic carbocycles. The lowest BCUT2D eigenvalue weighted by molar-refractivity contribution is -0.137. The van der Waals surface area contributed by atoms with Crippen LogP contribution in [0.25, 0.3) is 0 Å². The van der Waals surface area contributed by atoms with Crippen molar-refractivity contribution in [1.82, 2.24) is 0 Å². The molecule has 0 heterocycles. The molecule has 0 aliphatic heterocycles. The predicted octanol–water partition coefficient (Wildman–Crippen LogP) is 2.04. The van der Waals surface area contributed by atoms with Crippen LogP contribution in [0.15, 0.2) is 18.2 Å². The fourth-order valence-electron chi connectivity index (χ4n) is 1.19. The molecule has 0 saturated carbocycles. The van der Waals surface area contributed by atoms with E-state index in [1.54, 1.807) is 0 Å². The molecule has 0 saturated heterocycles. The summed E-state index contributed by atoms with van der Waals surface area (Å²) in [5, 5.41) is 11.5. The zero-order valence-electron chi connectivity index (χ0n) is 8.38. The van der Waals surface area contributed by atoms with Crippen molar-refractivity contribution < 1.29 is 23.0 Å². The number of hydrogen-bond acceptors (Lipinski definition) is 3. The summed E-state index contributed by atoms with van der Waals surface area (Å²) in [4.78, 5) is 10.6. The normalized spacial score (nSPS) is 11.1. The first-order chi connectivity index (χ1) is 7.34. The van der Waals surface area contributed by atoms with Crippen molar-refractivity contribution in [2.75, 3.05) is 5.23 Å². The third kappa shape index (κ3) is 3.00. The summed E-state index contributed by atoms with van der Waals surface area (Å²) in [7, 11) is -0.949. The Hall–Kier alpha value is -1.50. The Morgan fingerprint density at radius 2 is 2.06 bits per heavy atom. The van der Waals surface area contributed by atoms with E-state index in [0.29, 0.717) is 6.29 Å². The van der Waals surface area contributed by atoms with Gasteiger partial charge in [-0.15, -0.1) is 0 Å². The number of aldehydes is 1. The van der Waals surface area contributed by atoms with Gasteiger partial charge in [0.15, 0.2) is 6.29 Å². The molecule has 1 rings (SSSR count). The predicted molar refractivity (Wildman–Crippen MR) is 54.3 cm³/mol. The minimum atomic E-state index is -4.48. The van der Waals surface area contributed by atoms with E-state index in [9.17, 15) is 18.0 Å². The zero-order valence-corrected chi connectivity index (χ0v) is 8.38. The second-order valence-corrected chi connectivity index (χ2v) is 3.24. The van der Waals surface area contributed by atoms with Crippen molar-refractivity contribution in [3.63, 3.8) is 0 Å². The molecule has 2 N–H and O–H groups in total. The number of nitrogens with one attached hydrogen (secondary N) is 1. The van der Waals surface area contributed by atoms with E-state index in [1.165, 1.54) is 6.82 Å². The molecule has 3 nitrogen and oxygen atoms in total. The van der Waals surface area contributed by atoms with Gasteiger partial charge in [0.1, 0.15) is 0 Å². The van der Waals surface area contributed by atoms with E-state index in [1.807, 2.05) is 0 Å². The van der Waals surface area contributed by atoms with Crippen molar-refractivity contribution in [2.24, 2.45) is 0 Å². The standard InChI is InChI=1S/C9H9BF3NO2/c1-10(16)14-8-3-2-7(9(11,12)13)4-6(8)5-15/h2-5,14,16H,1H3. The quantitative estimate of drug-likeness (QED) is 0.618. The molecule has 0 atom stereocenters. The average Bonchev–Trinajstić information content (AvgIpc) is 2.15. The highest BCUT2D eigenvalue weighted by molar-refractivity contribution is 6.53. The lowest BCUT2D eigenvalue weighted by Crippen LogP contribution is -2.20. The maximum Gasteiger partial charge on any atom is 0.416 e. The highest BCUT2D eigenvalue weighted by Gasteiger charge is 2.31. The number of hydrogen-bond donors (Lipinski definition) is 2. The Balaban J connectivity index is 3.12. The van der Waals surface area contributed by atoms with Crippen LogP contribution in [-0.4, -0.2) is 18.4 Å². The minimum Gasteiger partial charge on any atom is -0.433 e. The number of rotatable bonds is 3. The van der Waals surface area contributed by atoms with E-state index >= 15 is 0 Å². The van der Waals surface area contributed by atoms with Gasteiger partial charge in [-0.2, -0.15) is 13.2 Å². The lowest BCUT2D eigenvalue weighted by Gasteiger charge is -2.12. The first kappa shape index (κ1) is 12.6. The second kappa shape index (κ2) is 4.57. The molecule has 0 fully saturated rings. The number of carbonyl (C=O) groups is 1. The van der Waals surface area contributed by atoms with Crippen molar-refractivity contribution >= 4 is 19.0 Å². The number of carbonyl (C=O) groups excluding carboxylic acids is 1. The van der Waals surface area contributed by atoms with Crippen LogP contribution >= 0.6 is 0 Å². The summed E-state index contributed by atoms with van der Waals surface area (Å²) < 4.78 is 36.9.